The number of sulfonamides is 1. The highest BCUT2D eigenvalue weighted by molar-refractivity contribution is 7.89. The number of aliphatic hydroxyl groups excluding tert-OH is 1. The lowest BCUT2D eigenvalue weighted by atomic mass is 10.0. The van der Waals surface area contributed by atoms with Crippen LogP contribution in [0.5, 0.6) is 5.75 Å². The van der Waals surface area contributed by atoms with E-state index < -0.39 is 10.0 Å². The Balaban J connectivity index is 2.06. The summed E-state index contributed by atoms with van der Waals surface area (Å²) < 4.78 is 32.5. The van der Waals surface area contributed by atoms with Crippen LogP contribution in [0.25, 0.3) is 0 Å². The third-order valence-electron chi connectivity index (χ3n) is 3.65. The predicted octanol–water partition coefficient (Wildman–Crippen LogP) is 1.31. The molecular weight excluding hydrogens is 278 g/mol. The maximum absolute atomic E-state index is 12.2. The monoisotopic (exact) mass is 299 g/mol. The normalized spacial score (nSPS) is 15.7. The molecule has 0 aliphatic carbocycles. The van der Waals surface area contributed by atoms with Crippen LogP contribution in [0.2, 0.25) is 0 Å². The zero-order valence-corrected chi connectivity index (χ0v) is 12.4. The number of fused-ring (bicyclic) bond motifs is 1. The molecule has 1 aromatic rings. The largest absolute Gasteiger partial charge is 0.493 e. The van der Waals surface area contributed by atoms with Gasteiger partial charge in [0.1, 0.15) is 5.75 Å². The molecule has 0 saturated heterocycles. The highest BCUT2D eigenvalue weighted by Crippen LogP contribution is 2.27. The molecule has 1 heterocycles. The Morgan fingerprint density at radius 3 is 2.95 bits per heavy atom. The molecule has 2 rings (SSSR count). The highest BCUT2D eigenvalue weighted by Gasteiger charge is 2.20. The zero-order chi connectivity index (χ0) is 14.6. The molecule has 1 aliphatic heterocycles. The van der Waals surface area contributed by atoms with Gasteiger partial charge in [-0.05, 0) is 36.1 Å². The molecule has 2 N–H and O–H groups in total. The van der Waals surface area contributed by atoms with Crippen LogP contribution in [0.4, 0.5) is 0 Å². The molecule has 0 bridgehead atoms. The SMILES string of the molecule is CCC(CCO)CNS(=O)(=O)c1ccc2c(c1)CCO2. The molecule has 5 nitrogen and oxygen atoms in total. The van der Waals surface area contributed by atoms with Crippen molar-refractivity contribution in [3.63, 3.8) is 0 Å². The molecule has 112 valence electrons. The molecule has 1 atom stereocenters. The van der Waals surface area contributed by atoms with Gasteiger partial charge in [0, 0.05) is 19.6 Å². The first-order chi connectivity index (χ1) is 9.56. The van der Waals surface area contributed by atoms with Crippen LogP contribution in [-0.2, 0) is 16.4 Å². The van der Waals surface area contributed by atoms with Gasteiger partial charge in [-0.25, -0.2) is 13.1 Å². The lowest BCUT2D eigenvalue weighted by Crippen LogP contribution is -2.29. The Bertz CT molecular complexity index is 556. The fraction of sp³-hybridized carbons (Fsp3) is 0.571. The topological polar surface area (TPSA) is 75.6 Å². The lowest BCUT2D eigenvalue weighted by Gasteiger charge is -2.14. The molecule has 0 fully saturated rings. The van der Waals surface area contributed by atoms with Gasteiger partial charge in [0.05, 0.1) is 11.5 Å². The van der Waals surface area contributed by atoms with Gasteiger partial charge in [-0.15, -0.1) is 0 Å². The summed E-state index contributed by atoms with van der Waals surface area (Å²) in [6, 6.07) is 4.96. The summed E-state index contributed by atoms with van der Waals surface area (Å²) in [5.41, 5.74) is 0.940. The zero-order valence-electron chi connectivity index (χ0n) is 11.6. The summed E-state index contributed by atoms with van der Waals surface area (Å²) in [5.74, 6) is 0.934. The van der Waals surface area contributed by atoms with E-state index in [9.17, 15) is 8.42 Å². The van der Waals surface area contributed by atoms with Crippen LogP contribution in [0.3, 0.4) is 0 Å². The smallest absolute Gasteiger partial charge is 0.240 e. The fourth-order valence-electron chi connectivity index (χ4n) is 2.27. The number of hydrogen-bond donors (Lipinski definition) is 2. The molecule has 0 aromatic heterocycles. The molecule has 0 spiro atoms. The lowest BCUT2D eigenvalue weighted by molar-refractivity contribution is 0.254. The van der Waals surface area contributed by atoms with Crippen LogP contribution < -0.4 is 9.46 Å². The first-order valence-corrected chi connectivity index (χ1v) is 8.41. The summed E-state index contributed by atoms with van der Waals surface area (Å²) in [5, 5.41) is 8.93. The Morgan fingerprint density at radius 1 is 1.45 bits per heavy atom. The molecule has 1 aromatic carbocycles. The van der Waals surface area contributed by atoms with E-state index in [1.807, 2.05) is 6.92 Å². The first-order valence-electron chi connectivity index (χ1n) is 6.93. The average molecular weight is 299 g/mol. The molecule has 0 radical (unpaired) electrons. The minimum Gasteiger partial charge on any atom is -0.493 e. The number of nitrogens with one attached hydrogen (secondary N) is 1. The standard InChI is InChI=1S/C14H21NO4S/c1-2-11(5-7-16)10-15-20(17,18)13-3-4-14-12(9-13)6-8-19-14/h3-4,9,11,15-16H,2,5-8,10H2,1H3. The molecule has 20 heavy (non-hydrogen) atoms. The minimum absolute atomic E-state index is 0.0798. The van der Waals surface area contributed by atoms with Crippen LogP contribution in [0.1, 0.15) is 25.3 Å². The predicted molar refractivity (Wildman–Crippen MR) is 76.3 cm³/mol. The average Bonchev–Trinajstić information content (AvgIpc) is 2.90. The minimum atomic E-state index is -3.49. The van der Waals surface area contributed by atoms with E-state index in [-0.39, 0.29) is 17.4 Å². The summed E-state index contributed by atoms with van der Waals surface area (Å²) in [6.07, 6.45) is 2.19. The van der Waals surface area contributed by atoms with Gasteiger partial charge >= 0.3 is 0 Å². The van der Waals surface area contributed by atoms with Crippen molar-refractivity contribution < 1.29 is 18.3 Å². The third kappa shape index (κ3) is 3.50. The van der Waals surface area contributed by atoms with E-state index in [2.05, 4.69) is 4.72 Å². The second-order valence-corrected chi connectivity index (χ2v) is 6.77. The van der Waals surface area contributed by atoms with Gasteiger partial charge in [0.15, 0.2) is 0 Å². The van der Waals surface area contributed by atoms with Crippen LogP contribution in [0, 0.1) is 5.92 Å². The maximum Gasteiger partial charge on any atom is 0.240 e. The number of ether oxygens (including phenoxy) is 1. The van der Waals surface area contributed by atoms with Crippen molar-refractivity contribution >= 4 is 10.0 Å². The number of aliphatic hydroxyl groups is 1. The van der Waals surface area contributed by atoms with Crippen molar-refractivity contribution in [1.82, 2.24) is 4.72 Å². The number of benzene rings is 1. The second kappa shape index (κ2) is 6.56. The van der Waals surface area contributed by atoms with Gasteiger partial charge in [-0.1, -0.05) is 13.3 Å². The first kappa shape index (κ1) is 15.3. The van der Waals surface area contributed by atoms with Crippen molar-refractivity contribution in [3.8, 4) is 5.75 Å². The molecule has 1 aliphatic rings. The molecule has 0 amide bonds. The summed E-state index contributed by atoms with van der Waals surface area (Å²) in [6.45, 7) is 3.03. The second-order valence-electron chi connectivity index (χ2n) is 5.01. The molecular formula is C14H21NO4S. The van der Waals surface area contributed by atoms with Crippen molar-refractivity contribution in [3.05, 3.63) is 23.8 Å². The van der Waals surface area contributed by atoms with E-state index in [4.69, 9.17) is 9.84 Å². The Hall–Kier alpha value is -1.11. The van der Waals surface area contributed by atoms with Crippen LogP contribution >= 0.6 is 0 Å². The summed E-state index contributed by atoms with van der Waals surface area (Å²) in [7, 11) is -3.49. The van der Waals surface area contributed by atoms with E-state index in [0.29, 0.717) is 19.6 Å². The maximum atomic E-state index is 12.2. The van der Waals surface area contributed by atoms with Gasteiger partial charge in [-0.2, -0.15) is 0 Å². The van der Waals surface area contributed by atoms with Crippen LogP contribution in [-0.4, -0.2) is 33.3 Å². The highest BCUT2D eigenvalue weighted by atomic mass is 32.2. The molecule has 1 unspecified atom stereocenters. The number of rotatable bonds is 7. The van der Waals surface area contributed by atoms with Gasteiger partial charge < -0.3 is 9.84 Å². The van der Waals surface area contributed by atoms with Gasteiger partial charge in [0.25, 0.3) is 0 Å². The summed E-state index contributed by atoms with van der Waals surface area (Å²) >= 11 is 0. The Morgan fingerprint density at radius 2 is 2.25 bits per heavy atom. The Labute approximate surface area is 120 Å². The van der Waals surface area contributed by atoms with Crippen LogP contribution in [0.15, 0.2) is 23.1 Å². The van der Waals surface area contributed by atoms with E-state index in [1.165, 1.54) is 0 Å². The van der Waals surface area contributed by atoms with E-state index in [0.717, 1.165) is 24.2 Å². The molecule has 6 heteroatoms. The van der Waals surface area contributed by atoms with Crippen molar-refractivity contribution in [1.29, 1.82) is 0 Å². The quantitative estimate of drug-likeness (QED) is 0.796. The summed E-state index contributed by atoms with van der Waals surface area (Å²) in [4.78, 5) is 0.278. The Kier molecular flexibility index (Phi) is 5.01. The number of hydrogen-bond acceptors (Lipinski definition) is 4. The van der Waals surface area contributed by atoms with Crippen molar-refractivity contribution in [2.24, 2.45) is 5.92 Å². The van der Waals surface area contributed by atoms with Crippen molar-refractivity contribution in [2.45, 2.75) is 31.1 Å². The van der Waals surface area contributed by atoms with Gasteiger partial charge in [-0.3, -0.25) is 0 Å². The van der Waals surface area contributed by atoms with Gasteiger partial charge in [0.2, 0.25) is 10.0 Å². The van der Waals surface area contributed by atoms with E-state index >= 15 is 0 Å². The fourth-order valence-corrected chi connectivity index (χ4v) is 3.44. The van der Waals surface area contributed by atoms with Crippen molar-refractivity contribution in [2.75, 3.05) is 19.8 Å². The molecule has 0 saturated carbocycles. The third-order valence-corrected chi connectivity index (χ3v) is 5.07. The van der Waals surface area contributed by atoms with E-state index in [1.54, 1.807) is 18.2 Å².